The topological polar surface area (TPSA) is 8.81 Å². The fourth-order valence-corrected chi connectivity index (χ4v) is 8.47. The second kappa shape index (κ2) is 7.63. The minimum absolute atomic E-state index is 0.0409. The highest BCUT2D eigenvalue weighted by Crippen LogP contribution is 2.63. The Bertz CT molecular complexity index is 2050. The van der Waals surface area contributed by atoms with Gasteiger partial charge in [0.25, 0.3) is 0 Å². The maximum absolute atomic E-state index is 2.70. The van der Waals surface area contributed by atoms with Gasteiger partial charge in [-0.1, -0.05) is 95.3 Å². The quantitative estimate of drug-likeness (QED) is 0.191. The number of nitrogens with zero attached hydrogens (tertiary/aromatic N) is 2. The van der Waals surface area contributed by atoms with Crippen LogP contribution >= 0.6 is 0 Å². The lowest BCUT2D eigenvalue weighted by Gasteiger charge is -2.31. The minimum atomic E-state index is -0.0674. The lowest BCUT2D eigenvalue weighted by molar-refractivity contribution is -0.660. The summed E-state index contributed by atoms with van der Waals surface area (Å²) in [5.74, 6) is 0.358. The molecule has 0 N–H and O–H groups in total. The number of benzene rings is 4. The highest BCUT2D eigenvalue weighted by atomic mass is 15.1. The van der Waals surface area contributed by atoms with Crippen LogP contribution in [0.1, 0.15) is 74.4 Å². The van der Waals surface area contributed by atoms with Gasteiger partial charge in [-0.2, -0.15) is 0 Å². The zero-order valence-electron chi connectivity index (χ0n) is 24.6. The van der Waals surface area contributed by atoms with Crippen LogP contribution in [-0.4, -0.2) is 4.57 Å². The van der Waals surface area contributed by atoms with Gasteiger partial charge in [-0.05, 0) is 57.5 Å². The third kappa shape index (κ3) is 2.82. The third-order valence-corrected chi connectivity index (χ3v) is 10.1. The second-order valence-electron chi connectivity index (χ2n) is 13.8. The smallest absolute Gasteiger partial charge is 0.216 e. The molecular weight excluding hydrogens is 484 g/mol. The molecule has 1 aliphatic heterocycles. The van der Waals surface area contributed by atoms with Crippen molar-refractivity contribution in [2.45, 2.75) is 64.3 Å². The molecule has 3 heterocycles. The lowest BCUT2D eigenvalue weighted by atomic mass is 9.77. The van der Waals surface area contributed by atoms with E-state index in [2.05, 4.69) is 143 Å². The van der Waals surface area contributed by atoms with Crippen molar-refractivity contribution in [2.24, 2.45) is 7.05 Å². The highest BCUT2D eigenvalue weighted by molar-refractivity contribution is 6.10. The van der Waals surface area contributed by atoms with Crippen LogP contribution in [0.5, 0.6) is 0 Å². The number of hydrogen-bond acceptors (Lipinski definition) is 0. The molecule has 2 unspecified atom stereocenters. The van der Waals surface area contributed by atoms with Crippen molar-refractivity contribution in [2.75, 3.05) is 0 Å². The molecular formula is C38H37N2+. The summed E-state index contributed by atoms with van der Waals surface area (Å²) in [6, 6.07) is 30.2. The van der Waals surface area contributed by atoms with Crippen molar-refractivity contribution >= 4 is 32.6 Å². The van der Waals surface area contributed by atoms with Crippen LogP contribution in [0.2, 0.25) is 0 Å². The van der Waals surface area contributed by atoms with Crippen LogP contribution < -0.4 is 4.57 Å². The molecule has 2 atom stereocenters. The summed E-state index contributed by atoms with van der Waals surface area (Å²) in [5.41, 5.74) is 12.8. The fourth-order valence-electron chi connectivity index (χ4n) is 8.47. The predicted octanol–water partition coefficient (Wildman–Crippen LogP) is 9.02. The molecule has 8 rings (SSSR count). The van der Waals surface area contributed by atoms with E-state index in [0.717, 1.165) is 0 Å². The summed E-state index contributed by atoms with van der Waals surface area (Å²) in [6.45, 7) is 14.3. The molecule has 2 aromatic heterocycles. The van der Waals surface area contributed by atoms with Gasteiger partial charge in [0.05, 0.1) is 17.1 Å². The first-order chi connectivity index (χ1) is 19.1. The second-order valence-corrected chi connectivity index (χ2v) is 13.8. The van der Waals surface area contributed by atoms with E-state index in [4.69, 9.17) is 0 Å². The number of para-hydroxylation sites is 2. The van der Waals surface area contributed by atoms with E-state index in [1.807, 2.05) is 0 Å². The third-order valence-electron chi connectivity index (χ3n) is 10.1. The highest BCUT2D eigenvalue weighted by Gasteiger charge is 2.55. The van der Waals surface area contributed by atoms with Crippen LogP contribution in [0.4, 0.5) is 0 Å². The van der Waals surface area contributed by atoms with Crippen LogP contribution in [0, 0.1) is 6.92 Å². The molecule has 0 fully saturated rings. The average molecular weight is 522 g/mol. The van der Waals surface area contributed by atoms with Gasteiger partial charge in [0, 0.05) is 39.3 Å². The molecule has 0 amide bonds. The van der Waals surface area contributed by atoms with Gasteiger partial charge in [0.2, 0.25) is 5.69 Å². The van der Waals surface area contributed by atoms with E-state index in [0.29, 0.717) is 12.0 Å². The van der Waals surface area contributed by atoms with E-state index < -0.39 is 0 Å². The van der Waals surface area contributed by atoms with Crippen LogP contribution in [0.25, 0.3) is 43.8 Å². The summed E-state index contributed by atoms with van der Waals surface area (Å²) in [6.07, 6.45) is 2.31. The first-order valence-corrected chi connectivity index (χ1v) is 14.7. The maximum atomic E-state index is 2.70. The molecule has 2 heteroatoms. The Balaban J connectivity index is 1.47. The van der Waals surface area contributed by atoms with Crippen molar-refractivity contribution in [1.29, 1.82) is 0 Å². The van der Waals surface area contributed by atoms with Crippen LogP contribution in [0.3, 0.4) is 0 Å². The van der Waals surface area contributed by atoms with Gasteiger partial charge in [0.15, 0.2) is 6.20 Å². The molecule has 0 bridgehead atoms. The molecule has 0 radical (unpaired) electrons. The Morgan fingerprint density at radius 2 is 1.45 bits per heavy atom. The number of aromatic nitrogens is 2. The zero-order valence-corrected chi connectivity index (χ0v) is 24.6. The Morgan fingerprint density at radius 1 is 0.775 bits per heavy atom. The summed E-state index contributed by atoms with van der Waals surface area (Å²) >= 11 is 0. The van der Waals surface area contributed by atoms with Crippen molar-refractivity contribution in [3.8, 4) is 11.3 Å². The van der Waals surface area contributed by atoms with Gasteiger partial charge in [-0.15, -0.1) is 0 Å². The van der Waals surface area contributed by atoms with Crippen LogP contribution in [-0.2, 0) is 17.9 Å². The number of aryl methyl sites for hydroxylation is 2. The van der Waals surface area contributed by atoms with Crippen molar-refractivity contribution < 1.29 is 4.57 Å². The largest absolute Gasteiger partial charge is 0.335 e. The van der Waals surface area contributed by atoms with Crippen molar-refractivity contribution in [3.05, 3.63) is 113 Å². The monoisotopic (exact) mass is 521 g/mol. The summed E-state index contributed by atoms with van der Waals surface area (Å²) in [5, 5.41) is 5.50. The summed E-state index contributed by atoms with van der Waals surface area (Å²) < 4.78 is 5.09. The standard InChI is InChI=1S/C38H37N2/c1-22-23-13-8-9-14-24(23)30(37(2,3)4)21-29(22)35-33-27(19-20-39(35)7)32-28-17-12-16-26-25-15-10-11-18-31(25)40(34(26)28)36(32)38(33,5)6/h8-21,32,36H,1-7H3/q+1. The summed E-state index contributed by atoms with van der Waals surface area (Å²) in [7, 11) is 2.24. The van der Waals surface area contributed by atoms with E-state index >= 15 is 0 Å². The Hall–Kier alpha value is -3.91. The van der Waals surface area contributed by atoms with E-state index in [9.17, 15) is 0 Å². The van der Waals surface area contributed by atoms with Crippen molar-refractivity contribution in [1.82, 2.24) is 4.57 Å². The molecule has 6 aromatic rings. The number of fused-ring (bicyclic) bond motifs is 9. The van der Waals surface area contributed by atoms with E-state index in [1.165, 1.54) is 71.7 Å². The summed E-state index contributed by atoms with van der Waals surface area (Å²) in [4.78, 5) is 0. The minimum Gasteiger partial charge on any atom is -0.335 e. The number of hydrogen-bond donors (Lipinski definition) is 0. The predicted molar refractivity (Wildman–Crippen MR) is 167 cm³/mol. The molecule has 198 valence electrons. The normalized spacial score (nSPS) is 19.1. The Labute approximate surface area is 236 Å². The van der Waals surface area contributed by atoms with Crippen molar-refractivity contribution in [3.63, 3.8) is 0 Å². The number of pyridine rings is 1. The van der Waals surface area contributed by atoms with Gasteiger partial charge in [-0.25, -0.2) is 4.57 Å². The molecule has 0 spiro atoms. The molecule has 0 saturated carbocycles. The van der Waals surface area contributed by atoms with Gasteiger partial charge < -0.3 is 4.57 Å². The Morgan fingerprint density at radius 3 is 2.20 bits per heavy atom. The number of rotatable bonds is 1. The van der Waals surface area contributed by atoms with E-state index in [1.54, 1.807) is 0 Å². The van der Waals surface area contributed by atoms with Gasteiger partial charge in [0.1, 0.15) is 7.05 Å². The zero-order chi connectivity index (χ0) is 27.7. The molecule has 2 nitrogen and oxygen atoms in total. The average Bonchev–Trinajstić information content (AvgIpc) is 3.52. The molecule has 40 heavy (non-hydrogen) atoms. The first-order valence-electron chi connectivity index (χ1n) is 14.7. The SMILES string of the molecule is Cc1c(-c2c3c(cc[n+]2C)C2c4cccc5c6ccccc6n(c45)C2C3(C)C)cc(C(C)(C)C)c2ccccc12. The first kappa shape index (κ1) is 23.9. The maximum Gasteiger partial charge on any atom is 0.216 e. The van der Waals surface area contributed by atoms with Gasteiger partial charge >= 0.3 is 0 Å². The molecule has 0 saturated heterocycles. The fraction of sp³-hybridized carbons (Fsp3) is 0.289. The molecule has 2 aliphatic rings. The Kier molecular flexibility index (Phi) is 4.57. The van der Waals surface area contributed by atoms with Gasteiger partial charge in [-0.3, -0.25) is 0 Å². The lowest BCUT2D eigenvalue weighted by Crippen LogP contribution is -2.36. The van der Waals surface area contributed by atoms with Crippen LogP contribution in [0.15, 0.2) is 85.1 Å². The molecule has 1 aliphatic carbocycles. The molecule has 4 aromatic carbocycles. The van der Waals surface area contributed by atoms with E-state index in [-0.39, 0.29) is 10.8 Å².